The van der Waals surface area contributed by atoms with Gasteiger partial charge in [0.05, 0.1) is 4.92 Å². The standard InChI is InChI=1S/C16H9NO2.C2H7N/c18-17(19)16-12-10-15(11-13-16)9-5-4-8-14-6-2-1-3-7-14;1-3-2/h1-3,6-7,10-13H;3H,1-2H3. The van der Waals surface area contributed by atoms with Crippen LogP contribution in [0.15, 0.2) is 54.6 Å². The number of nitrogens with zero attached hydrogens (tertiary/aromatic N) is 1. The summed E-state index contributed by atoms with van der Waals surface area (Å²) < 4.78 is 0. The maximum absolute atomic E-state index is 10.5. The average Bonchev–Trinajstić information content (AvgIpc) is 2.54. The molecule has 1 N–H and O–H groups in total. The number of nitrogens with one attached hydrogen (secondary N) is 1. The molecule has 0 heterocycles. The first-order valence-corrected chi connectivity index (χ1v) is 6.57. The van der Waals surface area contributed by atoms with E-state index in [-0.39, 0.29) is 5.69 Å². The van der Waals surface area contributed by atoms with Crippen molar-refractivity contribution in [3.8, 4) is 23.7 Å². The molecule has 0 amide bonds. The van der Waals surface area contributed by atoms with Crippen molar-refractivity contribution in [2.45, 2.75) is 0 Å². The summed E-state index contributed by atoms with van der Waals surface area (Å²) in [5, 5.41) is 13.2. The van der Waals surface area contributed by atoms with Crippen LogP contribution in [0.1, 0.15) is 11.1 Å². The van der Waals surface area contributed by atoms with E-state index in [1.54, 1.807) is 12.1 Å². The minimum Gasteiger partial charge on any atom is -0.323 e. The molecule has 4 nitrogen and oxygen atoms in total. The highest BCUT2D eigenvalue weighted by Crippen LogP contribution is 2.10. The van der Waals surface area contributed by atoms with Crippen LogP contribution in [-0.4, -0.2) is 19.0 Å². The summed E-state index contributed by atoms with van der Waals surface area (Å²) in [7, 11) is 3.75. The first-order chi connectivity index (χ1) is 10.7. The van der Waals surface area contributed by atoms with Crippen molar-refractivity contribution in [3.05, 3.63) is 75.8 Å². The minimum atomic E-state index is -0.438. The topological polar surface area (TPSA) is 55.2 Å². The van der Waals surface area contributed by atoms with Crippen LogP contribution >= 0.6 is 0 Å². The van der Waals surface area contributed by atoms with Crippen molar-refractivity contribution < 1.29 is 4.92 Å². The van der Waals surface area contributed by atoms with Gasteiger partial charge in [-0.3, -0.25) is 10.1 Å². The van der Waals surface area contributed by atoms with E-state index in [0.717, 1.165) is 5.56 Å². The maximum atomic E-state index is 10.5. The number of benzene rings is 2. The van der Waals surface area contributed by atoms with E-state index < -0.39 is 4.92 Å². The zero-order chi connectivity index (χ0) is 16.2. The summed E-state index contributed by atoms with van der Waals surface area (Å²) in [6, 6.07) is 15.6. The molecule has 0 radical (unpaired) electrons. The highest BCUT2D eigenvalue weighted by atomic mass is 16.6. The van der Waals surface area contributed by atoms with Gasteiger partial charge in [0.15, 0.2) is 0 Å². The van der Waals surface area contributed by atoms with Gasteiger partial charge in [-0.2, -0.15) is 0 Å². The molecule has 0 fully saturated rings. The molecule has 2 aromatic carbocycles. The van der Waals surface area contributed by atoms with Gasteiger partial charge >= 0.3 is 0 Å². The molecule has 0 saturated carbocycles. The van der Waals surface area contributed by atoms with Crippen LogP contribution < -0.4 is 5.32 Å². The second kappa shape index (κ2) is 9.77. The van der Waals surface area contributed by atoms with Crippen LogP contribution in [0.2, 0.25) is 0 Å². The van der Waals surface area contributed by atoms with Gasteiger partial charge < -0.3 is 5.32 Å². The summed E-state index contributed by atoms with van der Waals surface area (Å²) in [4.78, 5) is 10.0. The normalized spacial score (nSPS) is 8.27. The fraction of sp³-hybridized carbons (Fsp3) is 0.111. The molecule has 0 unspecified atom stereocenters. The van der Waals surface area contributed by atoms with Gasteiger partial charge in [0.2, 0.25) is 0 Å². The number of non-ortho nitro benzene ring substituents is 1. The molecule has 0 aliphatic carbocycles. The molecular formula is C18H16N2O2. The van der Waals surface area contributed by atoms with E-state index in [2.05, 4.69) is 29.0 Å². The van der Waals surface area contributed by atoms with Crippen LogP contribution in [-0.2, 0) is 0 Å². The molecule has 22 heavy (non-hydrogen) atoms. The molecule has 0 spiro atoms. The first-order valence-electron chi connectivity index (χ1n) is 6.57. The number of hydrogen-bond donors (Lipinski definition) is 1. The van der Waals surface area contributed by atoms with Gasteiger partial charge in [-0.05, 0) is 50.2 Å². The highest BCUT2D eigenvalue weighted by Gasteiger charge is 2.01. The second-order valence-corrected chi connectivity index (χ2v) is 4.17. The van der Waals surface area contributed by atoms with Gasteiger partial charge in [0, 0.05) is 23.3 Å². The Hall–Kier alpha value is -3.08. The van der Waals surface area contributed by atoms with Crippen molar-refractivity contribution in [1.82, 2.24) is 5.32 Å². The minimum absolute atomic E-state index is 0.0564. The molecule has 4 heteroatoms. The predicted molar refractivity (Wildman–Crippen MR) is 88.3 cm³/mol. The van der Waals surface area contributed by atoms with Crippen LogP contribution in [0.25, 0.3) is 0 Å². The predicted octanol–water partition coefficient (Wildman–Crippen LogP) is 2.83. The fourth-order valence-electron chi connectivity index (χ4n) is 1.39. The van der Waals surface area contributed by atoms with Gasteiger partial charge in [-0.1, -0.05) is 30.0 Å². The molecule has 0 bridgehead atoms. The summed E-state index contributed by atoms with van der Waals surface area (Å²) in [5.74, 6) is 11.2. The smallest absolute Gasteiger partial charge is 0.269 e. The van der Waals surface area contributed by atoms with Gasteiger partial charge in [0.25, 0.3) is 5.69 Å². The van der Waals surface area contributed by atoms with Gasteiger partial charge in [0.1, 0.15) is 0 Å². The molecule has 110 valence electrons. The Morgan fingerprint density at radius 1 is 0.864 bits per heavy atom. The van der Waals surface area contributed by atoms with Crippen molar-refractivity contribution in [2.24, 2.45) is 0 Å². The van der Waals surface area contributed by atoms with Gasteiger partial charge in [-0.25, -0.2) is 0 Å². The summed E-state index contributed by atoms with van der Waals surface area (Å²) in [5.41, 5.74) is 1.66. The van der Waals surface area contributed by atoms with Gasteiger partial charge in [-0.15, -0.1) is 0 Å². The zero-order valence-electron chi connectivity index (χ0n) is 12.5. The van der Waals surface area contributed by atoms with E-state index in [4.69, 9.17) is 0 Å². The van der Waals surface area contributed by atoms with Crippen molar-refractivity contribution in [2.75, 3.05) is 14.1 Å². The lowest BCUT2D eigenvalue weighted by atomic mass is 10.2. The van der Waals surface area contributed by atoms with E-state index in [1.165, 1.54) is 12.1 Å². The number of rotatable bonds is 1. The Kier molecular flexibility index (Phi) is 7.53. The molecular weight excluding hydrogens is 276 g/mol. The summed E-state index contributed by atoms with van der Waals surface area (Å²) >= 11 is 0. The Morgan fingerprint density at radius 2 is 1.32 bits per heavy atom. The molecule has 2 rings (SSSR count). The second-order valence-electron chi connectivity index (χ2n) is 4.17. The average molecular weight is 292 g/mol. The highest BCUT2D eigenvalue weighted by molar-refractivity contribution is 5.46. The van der Waals surface area contributed by atoms with Crippen LogP contribution in [0.4, 0.5) is 5.69 Å². The van der Waals surface area contributed by atoms with Crippen molar-refractivity contribution in [1.29, 1.82) is 0 Å². The summed E-state index contributed by atoms with van der Waals surface area (Å²) in [6.07, 6.45) is 0. The lowest BCUT2D eigenvalue weighted by Gasteiger charge is -1.90. The Balaban J connectivity index is 0.000000745. The Bertz CT molecular complexity index is 715. The third kappa shape index (κ3) is 6.38. The lowest BCUT2D eigenvalue weighted by Crippen LogP contribution is -1.89. The molecule has 0 aliphatic rings. The zero-order valence-corrected chi connectivity index (χ0v) is 12.5. The SMILES string of the molecule is CNC.O=[N+]([O-])c1ccc(C#CC#Cc2ccccc2)cc1. The first kappa shape index (κ1) is 17.0. The molecule has 0 atom stereocenters. The number of nitro benzene ring substituents is 1. The van der Waals surface area contributed by atoms with Crippen molar-refractivity contribution >= 4 is 5.69 Å². The largest absolute Gasteiger partial charge is 0.323 e. The molecule has 0 aromatic heterocycles. The van der Waals surface area contributed by atoms with E-state index in [1.807, 2.05) is 44.4 Å². The Morgan fingerprint density at radius 3 is 1.77 bits per heavy atom. The van der Waals surface area contributed by atoms with Crippen LogP contribution in [0.5, 0.6) is 0 Å². The van der Waals surface area contributed by atoms with Crippen LogP contribution in [0.3, 0.4) is 0 Å². The Labute approximate surface area is 130 Å². The molecule has 0 saturated heterocycles. The molecule has 0 aliphatic heterocycles. The van der Waals surface area contributed by atoms with Crippen LogP contribution in [0, 0.1) is 33.8 Å². The summed E-state index contributed by atoms with van der Waals surface area (Å²) in [6.45, 7) is 0. The van der Waals surface area contributed by atoms with E-state index >= 15 is 0 Å². The lowest BCUT2D eigenvalue weighted by molar-refractivity contribution is -0.384. The molecule has 2 aromatic rings. The number of hydrogen-bond acceptors (Lipinski definition) is 3. The van der Waals surface area contributed by atoms with E-state index in [0.29, 0.717) is 5.56 Å². The third-order valence-electron chi connectivity index (χ3n) is 2.33. The van der Waals surface area contributed by atoms with E-state index in [9.17, 15) is 10.1 Å². The number of nitro groups is 1. The maximum Gasteiger partial charge on any atom is 0.269 e. The van der Waals surface area contributed by atoms with Crippen molar-refractivity contribution in [3.63, 3.8) is 0 Å². The third-order valence-corrected chi connectivity index (χ3v) is 2.33. The fourth-order valence-corrected chi connectivity index (χ4v) is 1.39. The quantitative estimate of drug-likeness (QED) is 0.499. The monoisotopic (exact) mass is 292 g/mol.